The predicted octanol–water partition coefficient (Wildman–Crippen LogP) is 2.46. The molecule has 0 spiro atoms. The second-order valence-electron chi connectivity index (χ2n) is 6.69. The van der Waals surface area contributed by atoms with Crippen LogP contribution < -0.4 is 5.43 Å². The minimum Gasteiger partial charge on any atom is -0.332 e. The van der Waals surface area contributed by atoms with Crippen molar-refractivity contribution in [3.8, 4) is 5.69 Å². The number of nitro groups is 1. The maximum atomic E-state index is 12.9. The molecule has 1 saturated carbocycles. The number of carbonyl (C=O) groups excluding carboxylic acids is 1. The maximum absolute atomic E-state index is 12.9. The number of aromatic nitrogens is 2. The van der Waals surface area contributed by atoms with Crippen LogP contribution in [-0.4, -0.2) is 37.6 Å². The lowest BCUT2D eigenvalue weighted by Crippen LogP contribution is -2.42. The number of amides is 1. The van der Waals surface area contributed by atoms with Crippen molar-refractivity contribution in [2.24, 2.45) is 0 Å². The highest BCUT2D eigenvalue weighted by Crippen LogP contribution is 2.29. The third-order valence-corrected chi connectivity index (χ3v) is 4.35. The highest BCUT2D eigenvalue weighted by atomic mass is 16.6. The highest BCUT2D eigenvalue weighted by Gasteiger charge is 2.36. The number of hydrogen-bond acceptors (Lipinski definition) is 5. The number of benzene rings is 1. The van der Waals surface area contributed by atoms with Gasteiger partial charge in [0, 0.05) is 29.9 Å². The van der Waals surface area contributed by atoms with Gasteiger partial charge in [0.25, 0.3) is 11.6 Å². The highest BCUT2D eigenvalue weighted by molar-refractivity contribution is 5.92. The quantitative estimate of drug-likeness (QED) is 0.605. The minimum absolute atomic E-state index is 0.0583. The number of carbonyl (C=O) groups is 1. The molecule has 0 bridgehead atoms. The number of nitro benzene ring substituents is 1. The molecule has 0 radical (unpaired) electrons. The predicted molar refractivity (Wildman–Crippen MR) is 95.6 cm³/mol. The maximum Gasteiger partial charge on any atom is 0.294 e. The standard InChI is InChI=1S/C18H20N4O4/c1-11(2)20(13-8-9-13)18(24)17-16(23)10-12(3)21(19-17)14-6-4-5-7-15(14)22(25)26/h4-7,10-11,13H,8-9H2,1-3H3. The summed E-state index contributed by atoms with van der Waals surface area (Å²) in [6.07, 6.45) is 1.82. The summed E-state index contributed by atoms with van der Waals surface area (Å²) in [5.74, 6) is -0.431. The Labute approximate surface area is 150 Å². The van der Waals surface area contributed by atoms with E-state index in [9.17, 15) is 19.7 Å². The van der Waals surface area contributed by atoms with Gasteiger partial charge in [-0.3, -0.25) is 19.7 Å². The average Bonchev–Trinajstić information content (AvgIpc) is 3.39. The Morgan fingerprint density at radius 1 is 1.35 bits per heavy atom. The van der Waals surface area contributed by atoms with E-state index < -0.39 is 16.3 Å². The Balaban J connectivity index is 2.13. The van der Waals surface area contributed by atoms with Crippen LogP contribution in [0.15, 0.2) is 35.1 Å². The van der Waals surface area contributed by atoms with E-state index in [1.54, 1.807) is 24.0 Å². The molecule has 136 valence electrons. The molecule has 8 nitrogen and oxygen atoms in total. The first kappa shape index (κ1) is 17.8. The molecule has 1 fully saturated rings. The Morgan fingerprint density at radius 3 is 2.58 bits per heavy atom. The van der Waals surface area contributed by atoms with Crippen LogP contribution in [0.5, 0.6) is 0 Å². The molecule has 8 heteroatoms. The van der Waals surface area contributed by atoms with E-state index in [0.29, 0.717) is 5.69 Å². The van der Waals surface area contributed by atoms with Crippen LogP contribution in [0.1, 0.15) is 42.9 Å². The third-order valence-electron chi connectivity index (χ3n) is 4.35. The van der Waals surface area contributed by atoms with E-state index in [0.717, 1.165) is 12.8 Å². The molecule has 26 heavy (non-hydrogen) atoms. The molecule has 0 N–H and O–H groups in total. The molecule has 1 aromatic heterocycles. The van der Waals surface area contributed by atoms with Crippen molar-refractivity contribution in [3.05, 3.63) is 62.1 Å². The van der Waals surface area contributed by atoms with Crippen LogP contribution >= 0.6 is 0 Å². The number of nitrogens with zero attached hydrogens (tertiary/aromatic N) is 4. The van der Waals surface area contributed by atoms with Gasteiger partial charge >= 0.3 is 0 Å². The smallest absolute Gasteiger partial charge is 0.294 e. The van der Waals surface area contributed by atoms with Crippen molar-refractivity contribution in [3.63, 3.8) is 0 Å². The fourth-order valence-corrected chi connectivity index (χ4v) is 3.03. The Kier molecular flexibility index (Phi) is 4.58. The van der Waals surface area contributed by atoms with Crippen molar-refractivity contribution in [1.82, 2.24) is 14.7 Å². The van der Waals surface area contributed by atoms with Gasteiger partial charge in [0.05, 0.1) is 4.92 Å². The van der Waals surface area contributed by atoms with E-state index in [4.69, 9.17) is 0 Å². The van der Waals surface area contributed by atoms with Crippen LogP contribution in [0, 0.1) is 17.0 Å². The van der Waals surface area contributed by atoms with Crippen molar-refractivity contribution < 1.29 is 9.72 Å². The first-order chi connectivity index (χ1) is 12.3. The van der Waals surface area contributed by atoms with Gasteiger partial charge in [-0.15, -0.1) is 0 Å². The van der Waals surface area contributed by atoms with Crippen LogP contribution in [-0.2, 0) is 0 Å². The molecule has 1 aliphatic carbocycles. The fraction of sp³-hybridized carbons (Fsp3) is 0.389. The number of aryl methyl sites for hydroxylation is 1. The summed E-state index contributed by atoms with van der Waals surface area (Å²) in [6.45, 7) is 5.41. The van der Waals surface area contributed by atoms with Crippen LogP contribution in [0.3, 0.4) is 0 Å². The van der Waals surface area contributed by atoms with E-state index in [1.165, 1.54) is 22.9 Å². The summed E-state index contributed by atoms with van der Waals surface area (Å²) >= 11 is 0. The van der Waals surface area contributed by atoms with Gasteiger partial charge in [0.2, 0.25) is 5.43 Å². The normalized spacial score (nSPS) is 13.7. The molecule has 1 aromatic carbocycles. The van der Waals surface area contributed by atoms with Crippen molar-refractivity contribution >= 4 is 11.6 Å². The second-order valence-corrected chi connectivity index (χ2v) is 6.69. The molecule has 1 heterocycles. The van der Waals surface area contributed by atoms with Gasteiger partial charge in [-0.25, -0.2) is 4.68 Å². The van der Waals surface area contributed by atoms with Crippen LogP contribution in [0.25, 0.3) is 5.69 Å². The summed E-state index contributed by atoms with van der Waals surface area (Å²) in [5.41, 5.74) is -0.203. The summed E-state index contributed by atoms with van der Waals surface area (Å²) in [5, 5.41) is 15.5. The Bertz CT molecular complexity index is 929. The van der Waals surface area contributed by atoms with E-state index in [1.807, 2.05) is 13.8 Å². The molecular formula is C18H20N4O4. The molecule has 0 unspecified atom stereocenters. The zero-order chi connectivity index (χ0) is 19.0. The monoisotopic (exact) mass is 356 g/mol. The lowest BCUT2D eigenvalue weighted by molar-refractivity contribution is -0.384. The molecular weight excluding hydrogens is 336 g/mol. The van der Waals surface area contributed by atoms with Crippen molar-refractivity contribution in [2.75, 3.05) is 0 Å². The van der Waals surface area contributed by atoms with Crippen LogP contribution in [0.4, 0.5) is 5.69 Å². The molecule has 0 aliphatic heterocycles. The van der Waals surface area contributed by atoms with Crippen LogP contribution in [0.2, 0.25) is 0 Å². The summed E-state index contributed by atoms with van der Waals surface area (Å²) in [6, 6.07) is 7.47. The van der Waals surface area contributed by atoms with Gasteiger partial charge in [-0.05, 0) is 39.7 Å². The van der Waals surface area contributed by atoms with Gasteiger partial charge in [0.1, 0.15) is 5.69 Å². The molecule has 0 saturated heterocycles. The number of hydrogen-bond donors (Lipinski definition) is 0. The van der Waals surface area contributed by atoms with E-state index >= 15 is 0 Å². The topological polar surface area (TPSA) is 98.3 Å². The average molecular weight is 356 g/mol. The van der Waals surface area contributed by atoms with Gasteiger partial charge in [-0.2, -0.15) is 5.10 Å². The zero-order valence-electron chi connectivity index (χ0n) is 14.9. The van der Waals surface area contributed by atoms with Gasteiger partial charge < -0.3 is 4.90 Å². The molecule has 2 aromatic rings. The Morgan fingerprint density at radius 2 is 2.00 bits per heavy atom. The summed E-state index contributed by atoms with van der Waals surface area (Å²) in [4.78, 5) is 37.8. The molecule has 1 aliphatic rings. The summed E-state index contributed by atoms with van der Waals surface area (Å²) < 4.78 is 1.29. The van der Waals surface area contributed by atoms with Crippen molar-refractivity contribution in [2.45, 2.75) is 45.7 Å². The summed E-state index contributed by atoms with van der Waals surface area (Å²) in [7, 11) is 0. The number of rotatable bonds is 5. The molecule has 1 amide bonds. The van der Waals surface area contributed by atoms with Gasteiger partial charge in [0.15, 0.2) is 5.69 Å². The minimum atomic E-state index is -0.513. The number of para-hydroxylation sites is 2. The van der Waals surface area contributed by atoms with E-state index in [-0.39, 0.29) is 29.2 Å². The fourth-order valence-electron chi connectivity index (χ4n) is 3.03. The third kappa shape index (κ3) is 3.22. The van der Waals surface area contributed by atoms with E-state index in [2.05, 4.69) is 5.10 Å². The van der Waals surface area contributed by atoms with Gasteiger partial charge in [-0.1, -0.05) is 12.1 Å². The lowest BCUT2D eigenvalue weighted by atomic mass is 10.2. The largest absolute Gasteiger partial charge is 0.332 e. The lowest BCUT2D eigenvalue weighted by Gasteiger charge is -2.26. The molecule has 0 atom stereocenters. The Hall–Kier alpha value is -3.03. The first-order valence-electron chi connectivity index (χ1n) is 8.48. The molecule has 3 rings (SSSR count). The second kappa shape index (κ2) is 6.70. The first-order valence-corrected chi connectivity index (χ1v) is 8.48. The zero-order valence-corrected chi connectivity index (χ0v) is 14.9. The van der Waals surface area contributed by atoms with Crippen molar-refractivity contribution in [1.29, 1.82) is 0 Å². The SMILES string of the molecule is Cc1cc(=O)c(C(=O)N(C(C)C)C2CC2)nn1-c1ccccc1[N+](=O)[O-].